The highest BCUT2D eigenvalue weighted by Gasteiger charge is 2.40. The summed E-state index contributed by atoms with van der Waals surface area (Å²) in [5.74, 6) is -0.251. The summed E-state index contributed by atoms with van der Waals surface area (Å²) in [7, 11) is 0. The number of anilines is 3. The fourth-order valence-electron chi connectivity index (χ4n) is 5.65. The molecule has 0 N–H and O–H groups in total. The van der Waals surface area contributed by atoms with Crippen LogP contribution >= 0.6 is 0 Å². The fraction of sp³-hybridized carbons (Fsp3) is 0.108. The van der Waals surface area contributed by atoms with Gasteiger partial charge in [0.2, 0.25) is 0 Å². The standard InChI is InChI=1S/C37H31NO2/c1-26(2)37(39)40-36-33-19-11-9-17-31(33)35(32-18-10-12-20-34(32)36)25-27-21-23-30(24-22-27)38(28-13-5-3-6-14-28)29-15-7-4-8-16-29/h3-25,31,33,36H,1H2,2H3/b35-25+. The summed E-state index contributed by atoms with van der Waals surface area (Å²) in [5.41, 5.74) is 8.20. The van der Waals surface area contributed by atoms with Crippen molar-refractivity contribution in [3.8, 4) is 0 Å². The molecule has 0 amide bonds. The van der Waals surface area contributed by atoms with Crippen LogP contribution in [0.2, 0.25) is 0 Å². The Labute approximate surface area is 236 Å². The minimum absolute atomic E-state index is 0.0142. The first-order valence-electron chi connectivity index (χ1n) is 13.6. The average Bonchev–Trinajstić information content (AvgIpc) is 3.00. The lowest BCUT2D eigenvalue weighted by atomic mass is 9.69. The Morgan fingerprint density at radius 3 is 1.98 bits per heavy atom. The van der Waals surface area contributed by atoms with Crippen molar-refractivity contribution in [2.24, 2.45) is 11.8 Å². The Morgan fingerprint density at radius 1 is 0.750 bits per heavy atom. The molecule has 0 spiro atoms. The summed E-state index contributed by atoms with van der Waals surface area (Å²) in [6, 6.07) is 37.8. The molecule has 40 heavy (non-hydrogen) atoms. The van der Waals surface area contributed by atoms with Crippen LogP contribution in [0.3, 0.4) is 0 Å². The number of para-hydroxylation sites is 2. The van der Waals surface area contributed by atoms with Gasteiger partial charge in [0.25, 0.3) is 0 Å². The van der Waals surface area contributed by atoms with E-state index in [1.807, 2.05) is 30.3 Å². The second-order valence-electron chi connectivity index (χ2n) is 10.3. The van der Waals surface area contributed by atoms with Crippen LogP contribution in [-0.4, -0.2) is 5.97 Å². The molecule has 0 heterocycles. The second kappa shape index (κ2) is 11.1. The largest absolute Gasteiger partial charge is 0.453 e. The van der Waals surface area contributed by atoms with Gasteiger partial charge in [-0.25, -0.2) is 4.79 Å². The number of carbonyl (C=O) groups is 1. The number of rotatable bonds is 6. The Bertz CT molecular complexity index is 1570. The quantitative estimate of drug-likeness (QED) is 0.187. The van der Waals surface area contributed by atoms with Crippen LogP contribution in [0.5, 0.6) is 0 Å². The normalized spacial score (nSPS) is 19.9. The Morgan fingerprint density at radius 2 is 1.32 bits per heavy atom. The van der Waals surface area contributed by atoms with E-state index in [1.54, 1.807) is 6.92 Å². The van der Waals surface area contributed by atoms with Crippen LogP contribution in [0.25, 0.3) is 11.6 Å². The maximum Gasteiger partial charge on any atom is 0.333 e. The lowest BCUT2D eigenvalue weighted by Crippen LogP contribution is -2.31. The lowest BCUT2D eigenvalue weighted by molar-refractivity contribution is -0.147. The molecule has 0 saturated heterocycles. The van der Waals surface area contributed by atoms with E-state index in [0.29, 0.717) is 5.57 Å². The number of nitrogens with zero attached hydrogens (tertiary/aromatic N) is 1. The number of hydrogen-bond acceptors (Lipinski definition) is 3. The molecule has 0 saturated carbocycles. The van der Waals surface area contributed by atoms with E-state index >= 15 is 0 Å². The van der Waals surface area contributed by atoms with Crippen molar-refractivity contribution in [3.63, 3.8) is 0 Å². The molecule has 2 aliphatic carbocycles. The number of esters is 1. The molecular weight excluding hydrogens is 490 g/mol. The van der Waals surface area contributed by atoms with Gasteiger partial charge >= 0.3 is 5.97 Å². The molecule has 4 aromatic rings. The van der Waals surface area contributed by atoms with Crippen LogP contribution in [0.15, 0.2) is 146 Å². The van der Waals surface area contributed by atoms with Crippen molar-refractivity contribution in [1.82, 2.24) is 0 Å². The predicted octanol–water partition coefficient (Wildman–Crippen LogP) is 9.23. The number of fused-ring (bicyclic) bond motifs is 2. The van der Waals surface area contributed by atoms with Gasteiger partial charge in [0, 0.05) is 40.0 Å². The zero-order valence-corrected chi connectivity index (χ0v) is 22.5. The van der Waals surface area contributed by atoms with Crippen LogP contribution in [0, 0.1) is 11.8 Å². The van der Waals surface area contributed by atoms with Crippen molar-refractivity contribution in [2.45, 2.75) is 13.0 Å². The van der Waals surface area contributed by atoms with Gasteiger partial charge < -0.3 is 9.64 Å². The van der Waals surface area contributed by atoms with E-state index in [9.17, 15) is 4.79 Å². The fourth-order valence-corrected chi connectivity index (χ4v) is 5.65. The lowest BCUT2D eigenvalue weighted by Gasteiger charge is -2.39. The van der Waals surface area contributed by atoms with Gasteiger partial charge in [0.1, 0.15) is 6.10 Å². The number of benzene rings is 4. The third-order valence-electron chi connectivity index (χ3n) is 7.55. The van der Waals surface area contributed by atoms with Crippen LogP contribution in [0.1, 0.15) is 29.7 Å². The van der Waals surface area contributed by atoms with Crippen molar-refractivity contribution >= 4 is 34.7 Å². The molecule has 0 bridgehead atoms. The van der Waals surface area contributed by atoms with Crippen molar-refractivity contribution in [2.75, 3.05) is 4.90 Å². The van der Waals surface area contributed by atoms with Crippen LogP contribution in [0.4, 0.5) is 17.1 Å². The molecule has 6 rings (SSSR count). The summed E-state index contributed by atoms with van der Waals surface area (Å²) < 4.78 is 6.02. The molecule has 3 heteroatoms. The maximum atomic E-state index is 12.6. The molecule has 0 fully saturated rings. The Hall–Kier alpha value is -4.89. The van der Waals surface area contributed by atoms with Crippen molar-refractivity contribution in [3.05, 3.63) is 162 Å². The first-order valence-corrected chi connectivity index (χ1v) is 13.6. The molecule has 3 atom stereocenters. The zero-order chi connectivity index (χ0) is 27.5. The summed E-state index contributed by atoms with van der Waals surface area (Å²) in [5, 5.41) is 0. The Kier molecular flexibility index (Phi) is 7.03. The SMILES string of the molecule is C=C(C)C(=O)OC1c2ccccc2/C(=C/c2ccc(N(c3ccccc3)c3ccccc3)cc2)C2C=CC=CC21. The van der Waals surface area contributed by atoms with Gasteiger partial charge in [-0.05, 0) is 60.0 Å². The van der Waals surface area contributed by atoms with E-state index in [-0.39, 0.29) is 23.9 Å². The van der Waals surface area contributed by atoms with Crippen LogP contribution in [-0.2, 0) is 9.53 Å². The number of allylic oxidation sites excluding steroid dienone is 4. The van der Waals surface area contributed by atoms with Gasteiger partial charge in [-0.3, -0.25) is 0 Å². The van der Waals surface area contributed by atoms with E-state index in [2.05, 4.69) is 121 Å². The molecule has 0 aromatic heterocycles. The van der Waals surface area contributed by atoms with E-state index < -0.39 is 0 Å². The molecule has 2 aliphatic rings. The molecular formula is C37H31NO2. The van der Waals surface area contributed by atoms with Crippen molar-refractivity contribution < 1.29 is 9.53 Å². The second-order valence-corrected chi connectivity index (χ2v) is 10.3. The highest BCUT2D eigenvalue weighted by Crippen LogP contribution is 2.49. The summed E-state index contributed by atoms with van der Waals surface area (Å²) in [4.78, 5) is 14.8. The van der Waals surface area contributed by atoms with Crippen LogP contribution < -0.4 is 4.90 Å². The number of carbonyl (C=O) groups excluding carboxylic acids is 1. The van der Waals surface area contributed by atoms with Gasteiger partial charge in [-0.1, -0.05) is 110 Å². The molecule has 0 radical (unpaired) electrons. The average molecular weight is 522 g/mol. The van der Waals surface area contributed by atoms with E-state index in [1.165, 1.54) is 5.57 Å². The summed E-state index contributed by atoms with van der Waals surface area (Å²) >= 11 is 0. The smallest absolute Gasteiger partial charge is 0.333 e. The Balaban J connectivity index is 1.39. The number of ether oxygens (including phenoxy) is 1. The third-order valence-corrected chi connectivity index (χ3v) is 7.55. The van der Waals surface area contributed by atoms with Crippen molar-refractivity contribution in [1.29, 1.82) is 0 Å². The van der Waals surface area contributed by atoms with Gasteiger partial charge in [0.05, 0.1) is 0 Å². The maximum absolute atomic E-state index is 12.6. The van der Waals surface area contributed by atoms with Gasteiger partial charge in [0.15, 0.2) is 0 Å². The molecule has 4 aromatic carbocycles. The molecule has 3 nitrogen and oxygen atoms in total. The van der Waals surface area contributed by atoms with Gasteiger partial charge in [-0.15, -0.1) is 0 Å². The zero-order valence-electron chi connectivity index (χ0n) is 22.5. The van der Waals surface area contributed by atoms with E-state index in [4.69, 9.17) is 4.74 Å². The minimum atomic E-state index is -0.364. The van der Waals surface area contributed by atoms with E-state index in [0.717, 1.165) is 33.8 Å². The topological polar surface area (TPSA) is 29.5 Å². The first kappa shape index (κ1) is 25.4. The highest BCUT2D eigenvalue weighted by atomic mass is 16.5. The van der Waals surface area contributed by atoms with Gasteiger partial charge in [-0.2, -0.15) is 0 Å². The monoisotopic (exact) mass is 521 g/mol. The minimum Gasteiger partial charge on any atom is -0.453 e. The summed E-state index contributed by atoms with van der Waals surface area (Å²) in [6.07, 6.45) is 10.4. The number of hydrogen-bond donors (Lipinski definition) is 0. The first-order chi connectivity index (χ1) is 19.6. The highest BCUT2D eigenvalue weighted by molar-refractivity contribution is 5.90. The third kappa shape index (κ3) is 4.94. The predicted molar refractivity (Wildman–Crippen MR) is 164 cm³/mol. The molecule has 3 unspecified atom stereocenters. The molecule has 0 aliphatic heterocycles. The summed E-state index contributed by atoms with van der Waals surface area (Å²) in [6.45, 7) is 5.48. The molecule has 196 valence electrons.